The molecule has 0 amide bonds. The maximum Gasteiger partial charge on any atom is 0.573 e. The van der Waals surface area contributed by atoms with Crippen molar-refractivity contribution >= 4 is 0 Å². The van der Waals surface area contributed by atoms with Crippen molar-refractivity contribution in [1.82, 2.24) is 4.98 Å². The van der Waals surface area contributed by atoms with Gasteiger partial charge < -0.3 is 4.74 Å². The number of nitriles is 1. The maximum atomic E-state index is 12.4. The third-order valence-electron chi connectivity index (χ3n) is 2.71. The zero-order valence-electron chi connectivity index (χ0n) is 11.0. The Kier molecular flexibility index (Phi) is 4.18. The highest BCUT2D eigenvalue weighted by atomic mass is 19.4. The van der Waals surface area contributed by atoms with E-state index in [4.69, 9.17) is 5.26 Å². The molecule has 1 aromatic carbocycles. The van der Waals surface area contributed by atoms with Crippen LogP contribution in [0.5, 0.6) is 5.75 Å². The van der Waals surface area contributed by atoms with Crippen LogP contribution in [0.3, 0.4) is 0 Å². The second kappa shape index (κ2) is 5.79. The summed E-state index contributed by atoms with van der Waals surface area (Å²) in [5.41, 5.74) is -1.05. The molecule has 23 heavy (non-hydrogen) atoms. The molecular formula is C14H6F6N2O. The van der Waals surface area contributed by atoms with Crippen molar-refractivity contribution in [2.24, 2.45) is 0 Å². The molecule has 0 saturated heterocycles. The predicted octanol–water partition coefficient (Wildman–Crippen LogP) is 4.54. The highest BCUT2D eigenvalue weighted by Crippen LogP contribution is 2.32. The van der Waals surface area contributed by atoms with Gasteiger partial charge in [-0.1, -0.05) is 12.1 Å². The van der Waals surface area contributed by atoms with E-state index in [0.29, 0.717) is 0 Å². The van der Waals surface area contributed by atoms with Crippen LogP contribution >= 0.6 is 0 Å². The fraction of sp³-hybridized carbons (Fsp3) is 0.143. The molecular weight excluding hydrogens is 326 g/mol. The predicted molar refractivity (Wildman–Crippen MR) is 66.1 cm³/mol. The number of nitrogens with zero attached hydrogens (tertiary/aromatic N) is 2. The van der Waals surface area contributed by atoms with Crippen LogP contribution in [0.15, 0.2) is 36.5 Å². The Hall–Kier alpha value is -2.76. The normalized spacial score (nSPS) is 11.9. The molecule has 0 fully saturated rings. The number of ether oxygens (including phenoxy) is 1. The number of hydrogen-bond acceptors (Lipinski definition) is 3. The molecule has 0 N–H and O–H groups in total. The number of rotatable bonds is 2. The molecule has 0 aliphatic carbocycles. The average molecular weight is 332 g/mol. The molecule has 0 aliphatic rings. The molecule has 120 valence electrons. The van der Waals surface area contributed by atoms with Crippen LogP contribution in [-0.2, 0) is 6.18 Å². The van der Waals surface area contributed by atoms with Crippen molar-refractivity contribution in [2.45, 2.75) is 12.5 Å². The third-order valence-corrected chi connectivity index (χ3v) is 2.71. The lowest BCUT2D eigenvalue weighted by Gasteiger charge is -2.11. The smallest absolute Gasteiger partial charge is 0.404 e. The molecule has 0 atom stereocenters. The zero-order chi connectivity index (χ0) is 17.3. The zero-order valence-corrected chi connectivity index (χ0v) is 11.0. The summed E-state index contributed by atoms with van der Waals surface area (Å²) in [6.45, 7) is 0. The van der Waals surface area contributed by atoms with E-state index in [0.717, 1.165) is 30.5 Å². The van der Waals surface area contributed by atoms with Gasteiger partial charge in [-0.3, -0.25) is 4.98 Å². The lowest BCUT2D eigenvalue weighted by atomic mass is 10.0. The molecule has 0 unspecified atom stereocenters. The molecule has 2 rings (SSSR count). The van der Waals surface area contributed by atoms with Crippen molar-refractivity contribution in [3.05, 3.63) is 47.8 Å². The topological polar surface area (TPSA) is 45.9 Å². The molecule has 0 saturated carbocycles. The second-order valence-corrected chi connectivity index (χ2v) is 4.30. The van der Waals surface area contributed by atoms with Crippen LogP contribution in [0.25, 0.3) is 11.1 Å². The number of aromatic nitrogens is 1. The third kappa shape index (κ3) is 4.12. The van der Waals surface area contributed by atoms with Gasteiger partial charge in [-0.05, 0) is 23.8 Å². The first-order chi connectivity index (χ1) is 10.6. The summed E-state index contributed by atoms with van der Waals surface area (Å²) in [5, 5.41) is 8.88. The van der Waals surface area contributed by atoms with E-state index in [1.807, 2.05) is 0 Å². The number of alkyl halides is 6. The molecule has 1 heterocycles. The van der Waals surface area contributed by atoms with Crippen molar-refractivity contribution < 1.29 is 31.1 Å². The summed E-state index contributed by atoms with van der Waals surface area (Å²) < 4.78 is 77.5. The Bertz CT molecular complexity index is 744. The average Bonchev–Trinajstić information content (AvgIpc) is 2.45. The minimum absolute atomic E-state index is 0.216. The van der Waals surface area contributed by atoms with Gasteiger partial charge >= 0.3 is 12.5 Å². The van der Waals surface area contributed by atoms with Crippen LogP contribution in [0, 0.1) is 11.3 Å². The molecule has 0 aliphatic heterocycles. The van der Waals surface area contributed by atoms with Crippen LogP contribution in [0.2, 0.25) is 0 Å². The Balaban J connectivity index is 2.36. The van der Waals surface area contributed by atoms with Crippen LogP contribution in [0.1, 0.15) is 11.3 Å². The Morgan fingerprint density at radius 3 is 2.09 bits per heavy atom. The van der Waals surface area contributed by atoms with Gasteiger partial charge in [0.2, 0.25) is 0 Å². The van der Waals surface area contributed by atoms with E-state index in [1.54, 1.807) is 0 Å². The van der Waals surface area contributed by atoms with E-state index in [2.05, 4.69) is 9.72 Å². The standard InChI is InChI=1S/C14H6F6N2O/c15-13(16,17)12-4-2-9(7-22-12)8-1-3-11(10(5-8)6-21)23-14(18,19)20/h1-5,7H. The summed E-state index contributed by atoms with van der Waals surface area (Å²) in [4.78, 5) is 3.24. The first-order valence-corrected chi connectivity index (χ1v) is 5.93. The van der Waals surface area contributed by atoms with E-state index >= 15 is 0 Å². The lowest BCUT2D eigenvalue weighted by Crippen LogP contribution is -2.17. The summed E-state index contributed by atoms with van der Waals surface area (Å²) in [5.74, 6) is -0.691. The largest absolute Gasteiger partial charge is 0.573 e. The molecule has 0 bridgehead atoms. The van der Waals surface area contributed by atoms with E-state index in [1.165, 1.54) is 12.1 Å². The first-order valence-electron chi connectivity index (χ1n) is 5.93. The highest BCUT2D eigenvalue weighted by molar-refractivity contribution is 5.66. The minimum Gasteiger partial charge on any atom is -0.404 e. The lowest BCUT2D eigenvalue weighted by molar-refractivity contribution is -0.274. The van der Waals surface area contributed by atoms with Gasteiger partial charge in [0.05, 0.1) is 5.56 Å². The number of benzene rings is 1. The van der Waals surface area contributed by atoms with E-state index < -0.39 is 29.5 Å². The fourth-order valence-electron chi connectivity index (χ4n) is 1.74. The SMILES string of the molecule is N#Cc1cc(-c2ccc(C(F)(F)F)nc2)ccc1OC(F)(F)F. The molecule has 9 heteroatoms. The van der Waals surface area contributed by atoms with Crippen LogP contribution in [-0.4, -0.2) is 11.3 Å². The molecule has 0 radical (unpaired) electrons. The van der Waals surface area contributed by atoms with Crippen molar-refractivity contribution in [1.29, 1.82) is 5.26 Å². The van der Waals surface area contributed by atoms with Crippen molar-refractivity contribution in [2.75, 3.05) is 0 Å². The minimum atomic E-state index is -4.96. The molecule has 0 spiro atoms. The quantitative estimate of drug-likeness (QED) is 0.759. The van der Waals surface area contributed by atoms with Gasteiger partial charge in [0.15, 0.2) is 0 Å². The maximum absolute atomic E-state index is 12.4. The Morgan fingerprint density at radius 2 is 1.61 bits per heavy atom. The van der Waals surface area contributed by atoms with Gasteiger partial charge in [-0.15, -0.1) is 13.2 Å². The summed E-state index contributed by atoms with van der Waals surface area (Å²) >= 11 is 0. The van der Waals surface area contributed by atoms with Gasteiger partial charge in [0.1, 0.15) is 17.5 Å². The van der Waals surface area contributed by atoms with Gasteiger partial charge in [-0.2, -0.15) is 18.4 Å². The van der Waals surface area contributed by atoms with Gasteiger partial charge in [0, 0.05) is 11.8 Å². The number of halogens is 6. The summed E-state index contributed by atoms with van der Waals surface area (Å²) in [6, 6.07) is 6.56. The Morgan fingerprint density at radius 1 is 0.957 bits per heavy atom. The van der Waals surface area contributed by atoms with Gasteiger partial charge in [0.25, 0.3) is 0 Å². The molecule has 3 nitrogen and oxygen atoms in total. The first kappa shape index (κ1) is 16.6. The van der Waals surface area contributed by atoms with E-state index in [-0.39, 0.29) is 11.1 Å². The second-order valence-electron chi connectivity index (χ2n) is 4.30. The summed E-state index contributed by atoms with van der Waals surface area (Å²) in [7, 11) is 0. The van der Waals surface area contributed by atoms with Gasteiger partial charge in [-0.25, -0.2) is 0 Å². The summed E-state index contributed by atoms with van der Waals surface area (Å²) in [6.07, 6.45) is -8.63. The molecule has 1 aromatic heterocycles. The number of hydrogen-bond donors (Lipinski definition) is 0. The van der Waals surface area contributed by atoms with Crippen LogP contribution in [0.4, 0.5) is 26.3 Å². The van der Waals surface area contributed by atoms with Crippen molar-refractivity contribution in [3.8, 4) is 22.9 Å². The van der Waals surface area contributed by atoms with Crippen molar-refractivity contribution in [3.63, 3.8) is 0 Å². The highest BCUT2D eigenvalue weighted by Gasteiger charge is 2.33. The fourth-order valence-corrected chi connectivity index (χ4v) is 1.74. The van der Waals surface area contributed by atoms with Crippen LogP contribution < -0.4 is 4.74 Å². The Labute approximate surface area is 125 Å². The molecule has 2 aromatic rings. The monoisotopic (exact) mass is 332 g/mol. The van der Waals surface area contributed by atoms with E-state index in [9.17, 15) is 26.3 Å². The number of pyridine rings is 1.